The summed E-state index contributed by atoms with van der Waals surface area (Å²) in [5.41, 5.74) is 10.7. The number of hydrogen-bond acceptors (Lipinski definition) is 5. The van der Waals surface area contributed by atoms with Gasteiger partial charge in [-0.2, -0.15) is 0 Å². The Balaban J connectivity index is 1.62. The molecule has 142 valence electrons. The minimum absolute atomic E-state index is 0.0197. The number of rotatable bonds is 1. The molecule has 5 rings (SSSR count). The van der Waals surface area contributed by atoms with E-state index in [0.717, 1.165) is 42.6 Å². The monoisotopic (exact) mass is 365 g/mol. The predicted octanol–water partition coefficient (Wildman–Crippen LogP) is 3.72. The predicted molar refractivity (Wildman–Crippen MR) is 104 cm³/mol. The number of nitrogens with zero attached hydrogens (tertiary/aromatic N) is 2. The lowest BCUT2D eigenvalue weighted by Crippen LogP contribution is -2.55. The second-order valence-electron chi connectivity index (χ2n) is 8.48. The number of anilines is 1. The summed E-state index contributed by atoms with van der Waals surface area (Å²) in [5.74, 6) is 0.775. The van der Waals surface area contributed by atoms with Gasteiger partial charge in [0.2, 0.25) is 5.95 Å². The Bertz CT molecular complexity index is 863. The summed E-state index contributed by atoms with van der Waals surface area (Å²) in [7, 11) is 0. The standard InChI is InChI=1S/C22H27N3O2/c1-14-17-9-8-16-18(15-6-4-3-5-7-15)24-20(23)25-19(16)21(17,2)10-11-22(14)26-12-13-27-22/h3-7,14,17H,8-13H2,1-2H3,(H2,23,24,25)/t14-,17-,21-/m1/s1. The average Bonchev–Trinajstić information content (AvgIpc) is 3.16. The number of benzene rings is 1. The van der Waals surface area contributed by atoms with Crippen molar-refractivity contribution in [2.24, 2.45) is 11.8 Å². The Morgan fingerprint density at radius 1 is 1.07 bits per heavy atom. The van der Waals surface area contributed by atoms with Crippen LogP contribution >= 0.6 is 0 Å². The molecule has 0 amide bonds. The van der Waals surface area contributed by atoms with Crippen molar-refractivity contribution in [3.63, 3.8) is 0 Å². The molecule has 1 aromatic heterocycles. The largest absolute Gasteiger partial charge is 0.368 e. The molecule has 2 fully saturated rings. The molecule has 0 radical (unpaired) electrons. The molecule has 3 aliphatic rings. The first-order valence-corrected chi connectivity index (χ1v) is 10.0. The topological polar surface area (TPSA) is 70.3 Å². The van der Waals surface area contributed by atoms with Crippen molar-refractivity contribution in [1.29, 1.82) is 0 Å². The quantitative estimate of drug-likeness (QED) is 0.834. The van der Waals surface area contributed by atoms with Crippen LogP contribution in [-0.2, 0) is 21.3 Å². The molecule has 1 aliphatic heterocycles. The molecule has 5 nitrogen and oxygen atoms in total. The molecule has 2 aromatic rings. The van der Waals surface area contributed by atoms with Crippen LogP contribution in [0.15, 0.2) is 30.3 Å². The Labute approximate surface area is 160 Å². The van der Waals surface area contributed by atoms with Gasteiger partial charge in [0.05, 0.1) is 24.6 Å². The Morgan fingerprint density at radius 2 is 1.81 bits per heavy atom. The first-order chi connectivity index (χ1) is 13.0. The summed E-state index contributed by atoms with van der Waals surface area (Å²) in [6, 6.07) is 10.3. The highest BCUT2D eigenvalue weighted by atomic mass is 16.7. The van der Waals surface area contributed by atoms with Crippen LogP contribution in [0.5, 0.6) is 0 Å². The second-order valence-corrected chi connectivity index (χ2v) is 8.48. The minimum Gasteiger partial charge on any atom is -0.368 e. The highest BCUT2D eigenvalue weighted by Crippen LogP contribution is 2.57. The smallest absolute Gasteiger partial charge is 0.220 e. The van der Waals surface area contributed by atoms with E-state index >= 15 is 0 Å². The number of ether oxygens (including phenoxy) is 2. The molecular formula is C22H27N3O2. The fourth-order valence-corrected chi connectivity index (χ4v) is 5.79. The Morgan fingerprint density at radius 3 is 2.56 bits per heavy atom. The maximum atomic E-state index is 6.18. The van der Waals surface area contributed by atoms with E-state index in [1.165, 1.54) is 5.56 Å². The van der Waals surface area contributed by atoms with E-state index in [4.69, 9.17) is 20.2 Å². The van der Waals surface area contributed by atoms with Gasteiger partial charge in [0, 0.05) is 28.9 Å². The summed E-state index contributed by atoms with van der Waals surface area (Å²) < 4.78 is 12.2. The molecule has 3 atom stereocenters. The van der Waals surface area contributed by atoms with Gasteiger partial charge >= 0.3 is 0 Å². The lowest BCUT2D eigenvalue weighted by atomic mass is 9.54. The molecule has 1 aromatic carbocycles. The third-order valence-corrected chi connectivity index (χ3v) is 7.20. The van der Waals surface area contributed by atoms with Crippen LogP contribution in [0, 0.1) is 11.8 Å². The molecule has 0 unspecified atom stereocenters. The van der Waals surface area contributed by atoms with Crippen molar-refractivity contribution >= 4 is 5.95 Å². The SMILES string of the molecule is C[C@@H]1[C@H]2CCc3c(-c4ccccc4)nc(N)nc3[C@]2(C)CCC12OCCO2. The number of fused-ring (bicyclic) bond motifs is 3. The van der Waals surface area contributed by atoms with Crippen LogP contribution in [0.2, 0.25) is 0 Å². The van der Waals surface area contributed by atoms with Gasteiger partial charge in [0.15, 0.2) is 5.79 Å². The zero-order valence-electron chi connectivity index (χ0n) is 16.1. The van der Waals surface area contributed by atoms with Gasteiger partial charge in [-0.15, -0.1) is 0 Å². The fourth-order valence-electron chi connectivity index (χ4n) is 5.79. The molecule has 2 N–H and O–H groups in total. The molecule has 27 heavy (non-hydrogen) atoms. The van der Waals surface area contributed by atoms with Gasteiger partial charge in [0.1, 0.15) is 0 Å². The average molecular weight is 365 g/mol. The Kier molecular flexibility index (Phi) is 3.82. The zero-order chi connectivity index (χ0) is 18.6. The fraction of sp³-hybridized carbons (Fsp3) is 0.545. The van der Waals surface area contributed by atoms with Crippen LogP contribution in [0.3, 0.4) is 0 Å². The van der Waals surface area contributed by atoms with Gasteiger partial charge in [0.25, 0.3) is 0 Å². The number of nitrogen functional groups attached to an aromatic ring is 1. The molecule has 2 aliphatic carbocycles. The normalized spacial score (nSPS) is 31.5. The van der Waals surface area contributed by atoms with Gasteiger partial charge in [-0.05, 0) is 25.2 Å². The van der Waals surface area contributed by atoms with Crippen molar-refractivity contribution in [2.45, 2.75) is 50.7 Å². The summed E-state index contributed by atoms with van der Waals surface area (Å²) in [5, 5.41) is 0. The van der Waals surface area contributed by atoms with Crippen molar-refractivity contribution in [3.05, 3.63) is 41.6 Å². The molecule has 1 saturated heterocycles. The molecular weight excluding hydrogens is 338 g/mol. The zero-order valence-corrected chi connectivity index (χ0v) is 16.1. The first-order valence-electron chi connectivity index (χ1n) is 10.0. The van der Waals surface area contributed by atoms with Crippen LogP contribution in [0.4, 0.5) is 5.95 Å². The molecule has 2 heterocycles. The third kappa shape index (κ3) is 2.44. The summed E-state index contributed by atoms with van der Waals surface area (Å²) >= 11 is 0. The number of nitrogens with two attached hydrogens (primary N) is 1. The van der Waals surface area contributed by atoms with Gasteiger partial charge in [-0.3, -0.25) is 0 Å². The van der Waals surface area contributed by atoms with Crippen LogP contribution in [-0.4, -0.2) is 29.0 Å². The van der Waals surface area contributed by atoms with Gasteiger partial charge in [-0.1, -0.05) is 44.2 Å². The molecule has 5 heteroatoms. The van der Waals surface area contributed by atoms with E-state index in [-0.39, 0.29) is 5.41 Å². The van der Waals surface area contributed by atoms with Crippen molar-refractivity contribution in [2.75, 3.05) is 18.9 Å². The molecule has 1 spiro atoms. The lowest BCUT2D eigenvalue weighted by Gasteiger charge is -2.54. The van der Waals surface area contributed by atoms with Crippen molar-refractivity contribution < 1.29 is 9.47 Å². The second kappa shape index (κ2) is 6.01. The van der Waals surface area contributed by atoms with Gasteiger partial charge in [-0.25, -0.2) is 9.97 Å². The lowest BCUT2D eigenvalue weighted by molar-refractivity contribution is -0.234. The van der Waals surface area contributed by atoms with E-state index in [0.29, 0.717) is 31.0 Å². The van der Waals surface area contributed by atoms with Gasteiger partial charge < -0.3 is 15.2 Å². The minimum atomic E-state index is -0.400. The van der Waals surface area contributed by atoms with E-state index in [9.17, 15) is 0 Å². The summed E-state index contributed by atoms with van der Waals surface area (Å²) in [6.07, 6.45) is 3.98. The van der Waals surface area contributed by atoms with Crippen LogP contribution in [0.25, 0.3) is 11.3 Å². The number of hydrogen-bond donors (Lipinski definition) is 1. The van der Waals surface area contributed by atoms with E-state index in [1.54, 1.807) is 0 Å². The summed E-state index contributed by atoms with van der Waals surface area (Å²) in [6.45, 7) is 6.06. The maximum absolute atomic E-state index is 6.18. The van der Waals surface area contributed by atoms with E-state index < -0.39 is 5.79 Å². The highest BCUT2D eigenvalue weighted by Gasteiger charge is 2.57. The molecule has 1 saturated carbocycles. The van der Waals surface area contributed by atoms with Crippen molar-refractivity contribution in [1.82, 2.24) is 9.97 Å². The van der Waals surface area contributed by atoms with Crippen molar-refractivity contribution in [3.8, 4) is 11.3 Å². The first kappa shape index (κ1) is 17.1. The number of aromatic nitrogens is 2. The van der Waals surface area contributed by atoms with E-state index in [2.05, 4.69) is 43.1 Å². The van der Waals surface area contributed by atoms with Crippen LogP contribution in [0.1, 0.15) is 44.4 Å². The molecule has 0 bridgehead atoms. The highest BCUT2D eigenvalue weighted by molar-refractivity contribution is 5.66. The summed E-state index contributed by atoms with van der Waals surface area (Å²) in [4.78, 5) is 9.42. The van der Waals surface area contributed by atoms with E-state index in [1.807, 2.05) is 6.07 Å². The Hall–Kier alpha value is -1.98. The van der Waals surface area contributed by atoms with Crippen LogP contribution < -0.4 is 5.73 Å². The maximum Gasteiger partial charge on any atom is 0.220 e. The third-order valence-electron chi connectivity index (χ3n) is 7.20.